The van der Waals surface area contributed by atoms with E-state index in [1.165, 1.54) is 0 Å². The topological polar surface area (TPSA) is 47.4 Å². The van der Waals surface area contributed by atoms with Gasteiger partial charge in [0.05, 0.1) is 18.4 Å². The number of benzene rings is 2. The number of rotatable bonds is 6. The van der Waals surface area contributed by atoms with Crippen LogP contribution in [0.4, 0.5) is 0 Å². The minimum Gasteiger partial charge on any atom is -0.493 e. The summed E-state index contributed by atoms with van der Waals surface area (Å²) in [6.45, 7) is 5.13. The molecule has 26 heavy (non-hydrogen) atoms. The highest BCUT2D eigenvalue weighted by molar-refractivity contribution is 5.95. The lowest BCUT2D eigenvalue weighted by Crippen LogP contribution is -2.27. The molecule has 0 aliphatic heterocycles. The molecule has 0 N–H and O–H groups in total. The molecule has 0 aliphatic carbocycles. The van der Waals surface area contributed by atoms with Gasteiger partial charge in [0.15, 0.2) is 0 Å². The molecule has 0 atom stereocenters. The highest BCUT2D eigenvalue weighted by atomic mass is 16.5. The van der Waals surface area contributed by atoms with E-state index in [0.717, 1.165) is 34.2 Å². The van der Waals surface area contributed by atoms with E-state index in [4.69, 9.17) is 4.74 Å². The van der Waals surface area contributed by atoms with E-state index < -0.39 is 0 Å². The number of hydrogen-bond acceptors (Lipinski definition) is 3. The molecule has 0 spiro atoms. The highest BCUT2D eigenvalue weighted by Crippen LogP contribution is 2.29. The van der Waals surface area contributed by atoms with Crippen molar-refractivity contribution in [2.24, 2.45) is 7.05 Å². The number of nitrogens with zero attached hydrogens (tertiary/aromatic N) is 3. The summed E-state index contributed by atoms with van der Waals surface area (Å²) in [5.41, 5.74) is 2.53. The Morgan fingerprint density at radius 1 is 1.23 bits per heavy atom. The van der Waals surface area contributed by atoms with Gasteiger partial charge in [0, 0.05) is 31.9 Å². The van der Waals surface area contributed by atoms with Crippen LogP contribution in [0.2, 0.25) is 0 Å². The van der Waals surface area contributed by atoms with Gasteiger partial charge in [-0.2, -0.15) is 5.10 Å². The molecule has 5 nitrogen and oxygen atoms in total. The molecule has 136 valence electrons. The van der Waals surface area contributed by atoms with Crippen LogP contribution in [0.5, 0.6) is 5.75 Å². The Labute approximate surface area is 154 Å². The van der Waals surface area contributed by atoms with E-state index in [-0.39, 0.29) is 5.91 Å². The van der Waals surface area contributed by atoms with Crippen molar-refractivity contribution in [2.45, 2.75) is 26.8 Å². The fourth-order valence-corrected chi connectivity index (χ4v) is 3.05. The van der Waals surface area contributed by atoms with Crippen molar-refractivity contribution < 1.29 is 9.53 Å². The second kappa shape index (κ2) is 7.60. The quantitative estimate of drug-likeness (QED) is 0.676. The van der Waals surface area contributed by atoms with Crippen molar-refractivity contribution in [3.63, 3.8) is 0 Å². The first-order valence-corrected chi connectivity index (χ1v) is 8.90. The summed E-state index contributed by atoms with van der Waals surface area (Å²) in [6.07, 6.45) is 2.57. The maximum Gasteiger partial charge on any atom is 0.257 e. The second-order valence-corrected chi connectivity index (χ2v) is 6.54. The number of fused-ring (bicyclic) bond motifs is 1. The lowest BCUT2D eigenvalue weighted by molar-refractivity contribution is 0.0783. The van der Waals surface area contributed by atoms with Crippen LogP contribution in [0.15, 0.2) is 42.6 Å². The van der Waals surface area contributed by atoms with E-state index in [2.05, 4.69) is 30.2 Å². The molecular formula is C21H25N3O2. The summed E-state index contributed by atoms with van der Waals surface area (Å²) in [5.74, 6) is 0.804. The molecule has 0 aliphatic rings. The van der Waals surface area contributed by atoms with E-state index in [1.54, 1.807) is 15.8 Å². The number of aromatic nitrogens is 2. The van der Waals surface area contributed by atoms with Crippen LogP contribution in [0, 0.1) is 6.92 Å². The number of carbonyl (C=O) groups excluding carboxylic acids is 1. The van der Waals surface area contributed by atoms with Gasteiger partial charge < -0.3 is 9.64 Å². The van der Waals surface area contributed by atoms with Crippen LogP contribution in [0.25, 0.3) is 10.8 Å². The lowest BCUT2D eigenvalue weighted by atomic mass is 10.0. The maximum absolute atomic E-state index is 12.9. The van der Waals surface area contributed by atoms with Gasteiger partial charge in [0.1, 0.15) is 5.75 Å². The molecule has 0 fully saturated rings. The minimum absolute atomic E-state index is 0.0371. The maximum atomic E-state index is 12.9. The Balaban J connectivity index is 1.95. The molecule has 2 aromatic carbocycles. The van der Waals surface area contributed by atoms with Crippen LogP contribution < -0.4 is 4.74 Å². The van der Waals surface area contributed by atoms with Gasteiger partial charge in [0.25, 0.3) is 5.91 Å². The average Bonchev–Trinajstić information content (AvgIpc) is 2.99. The average molecular weight is 351 g/mol. The molecule has 0 radical (unpaired) electrons. The van der Waals surface area contributed by atoms with Crippen LogP contribution in [0.3, 0.4) is 0 Å². The van der Waals surface area contributed by atoms with Gasteiger partial charge in [-0.1, -0.05) is 37.3 Å². The molecule has 3 aromatic rings. The Hall–Kier alpha value is -2.82. The fraction of sp³-hybridized carbons (Fsp3) is 0.333. The van der Waals surface area contributed by atoms with Gasteiger partial charge in [-0.15, -0.1) is 0 Å². The molecule has 0 saturated heterocycles. The monoisotopic (exact) mass is 351 g/mol. The summed E-state index contributed by atoms with van der Waals surface area (Å²) in [7, 11) is 3.66. The predicted molar refractivity (Wildman–Crippen MR) is 103 cm³/mol. The molecule has 5 heteroatoms. The third kappa shape index (κ3) is 3.43. The summed E-state index contributed by atoms with van der Waals surface area (Å²) in [4.78, 5) is 14.6. The zero-order chi connectivity index (χ0) is 18.7. The number of amides is 1. The molecule has 0 bridgehead atoms. The van der Waals surface area contributed by atoms with Crippen molar-refractivity contribution in [1.29, 1.82) is 0 Å². The Kier molecular flexibility index (Phi) is 5.26. The summed E-state index contributed by atoms with van der Waals surface area (Å²) in [5, 5.41) is 6.44. The predicted octanol–water partition coefficient (Wildman–Crippen LogP) is 3.94. The van der Waals surface area contributed by atoms with Gasteiger partial charge >= 0.3 is 0 Å². The Morgan fingerprint density at radius 3 is 2.69 bits per heavy atom. The van der Waals surface area contributed by atoms with Crippen molar-refractivity contribution in [1.82, 2.24) is 14.7 Å². The Bertz CT molecular complexity index is 930. The van der Waals surface area contributed by atoms with Gasteiger partial charge in [0.2, 0.25) is 0 Å². The van der Waals surface area contributed by atoms with E-state index in [0.29, 0.717) is 18.7 Å². The van der Waals surface area contributed by atoms with Gasteiger partial charge in [-0.3, -0.25) is 9.48 Å². The molecule has 3 rings (SSSR count). The largest absolute Gasteiger partial charge is 0.493 e. The van der Waals surface area contributed by atoms with Gasteiger partial charge in [-0.25, -0.2) is 0 Å². The normalized spacial score (nSPS) is 10.9. The number of carbonyl (C=O) groups is 1. The van der Waals surface area contributed by atoms with E-state index >= 15 is 0 Å². The highest BCUT2D eigenvalue weighted by Gasteiger charge is 2.19. The number of hydrogen-bond donors (Lipinski definition) is 0. The van der Waals surface area contributed by atoms with Crippen LogP contribution >= 0.6 is 0 Å². The third-order valence-corrected chi connectivity index (χ3v) is 4.67. The lowest BCUT2D eigenvalue weighted by Gasteiger charge is -2.21. The van der Waals surface area contributed by atoms with E-state index in [9.17, 15) is 4.79 Å². The van der Waals surface area contributed by atoms with Crippen molar-refractivity contribution >= 4 is 16.7 Å². The minimum atomic E-state index is -0.0371. The summed E-state index contributed by atoms with van der Waals surface area (Å²) in [6, 6.07) is 12.3. The molecular weight excluding hydrogens is 326 g/mol. The number of ether oxygens (including phenoxy) is 1. The van der Waals surface area contributed by atoms with Crippen LogP contribution in [-0.4, -0.2) is 34.2 Å². The standard InChI is InChI=1S/C21H25N3O2/c1-5-12-26-20-11-10-16-8-6-7-9-17(16)19(20)14-23(3)21(25)18-13-22-24(4)15(18)2/h6-11,13H,5,12,14H2,1-4H3. The SMILES string of the molecule is CCCOc1ccc2ccccc2c1CN(C)C(=O)c1cnn(C)c1C. The molecule has 0 saturated carbocycles. The van der Waals surface area contributed by atoms with Crippen LogP contribution in [-0.2, 0) is 13.6 Å². The fourth-order valence-electron chi connectivity index (χ4n) is 3.05. The van der Waals surface area contributed by atoms with Gasteiger partial charge in [-0.05, 0) is 30.2 Å². The van der Waals surface area contributed by atoms with Crippen molar-refractivity contribution in [3.05, 3.63) is 59.4 Å². The zero-order valence-corrected chi connectivity index (χ0v) is 15.8. The molecule has 1 aromatic heterocycles. The molecule has 0 unspecified atom stereocenters. The Morgan fingerprint density at radius 2 is 2.00 bits per heavy atom. The third-order valence-electron chi connectivity index (χ3n) is 4.67. The first-order chi connectivity index (χ1) is 12.5. The number of aryl methyl sites for hydroxylation is 1. The van der Waals surface area contributed by atoms with Crippen LogP contribution in [0.1, 0.15) is 35.0 Å². The van der Waals surface area contributed by atoms with E-state index in [1.807, 2.05) is 39.2 Å². The summed E-state index contributed by atoms with van der Waals surface area (Å²) >= 11 is 0. The summed E-state index contributed by atoms with van der Waals surface area (Å²) < 4.78 is 7.67. The first-order valence-electron chi connectivity index (χ1n) is 8.90. The zero-order valence-electron chi connectivity index (χ0n) is 15.8. The second-order valence-electron chi connectivity index (χ2n) is 6.54. The van der Waals surface area contributed by atoms with Crippen molar-refractivity contribution in [3.8, 4) is 5.75 Å². The van der Waals surface area contributed by atoms with Crippen molar-refractivity contribution in [2.75, 3.05) is 13.7 Å². The molecule has 1 amide bonds. The first kappa shape index (κ1) is 18.0. The smallest absolute Gasteiger partial charge is 0.257 e. The molecule has 1 heterocycles.